The van der Waals surface area contributed by atoms with E-state index in [9.17, 15) is 21.9 Å². The Bertz CT molecular complexity index is 2310. The Morgan fingerprint density at radius 2 is 1.13 bits per heavy atom. The van der Waals surface area contributed by atoms with E-state index in [1.54, 1.807) is 74.5 Å². The number of azide groups is 1. The van der Waals surface area contributed by atoms with Crippen LogP contribution in [0, 0.1) is 13.8 Å². The van der Waals surface area contributed by atoms with Crippen LogP contribution in [-0.2, 0) is 20.0 Å². The lowest BCUT2D eigenvalue weighted by Gasteiger charge is -2.08. The van der Waals surface area contributed by atoms with Gasteiger partial charge in [-0.15, -0.1) is 0 Å². The molecule has 2 atom stereocenters. The summed E-state index contributed by atoms with van der Waals surface area (Å²) in [4.78, 5) is 20.0. The molecule has 0 bridgehead atoms. The number of aliphatic hydroxyl groups excluding tert-OH is 1. The summed E-state index contributed by atoms with van der Waals surface area (Å²) < 4.78 is 53.1. The fourth-order valence-corrected chi connectivity index (χ4v) is 6.97. The average molecular weight is 660 g/mol. The molecule has 0 amide bonds. The molecule has 6 aromatic rings. The first-order valence-corrected chi connectivity index (χ1v) is 16.8. The smallest absolute Gasteiger partial charge is 0.269 e. The largest absolute Gasteiger partial charge is 0.387 e. The molecule has 236 valence electrons. The molecule has 0 fully saturated rings. The second-order valence-electron chi connectivity index (χ2n) is 10.4. The number of aryl methyl sites for hydroxylation is 2. The van der Waals surface area contributed by atoms with Crippen LogP contribution in [-0.4, -0.2) is 49.8 Å². The first-order valence-electron chi connectivity index (χ1n) is 13.9. The summed E-state index contributed by atoms with van der Waals surface area (Å²) in [5, 5.41) is 13.1. The second kappa shape index (κ2) is 12.7. The fraction of sp³-hybridized carbons (Fsp3) is 0.200. The summed E-state index contributed by atoms with van der Waals surface area (Å²) in [6, 6.07) is 15.9. The van der Waals surface area contributed by atoms with E-state index in [1.165, 1.54) is 24.8 Å². The van der Waals surface area contributed by atoms with Gasteiger partial charge in [0.25, 0.3) is 20.0 Å². The number of aromatic nitrogens is 6. The van der Waals surface area contributed by atoms with E-state index in [2.05, 4.69) is 30.0 Å². The van der Waals surface area contributed by atoms with Crippen LogP contribution in [0.4, 0.5) is 0 Å². The zero-order valence-corrected chi connectivity index (χ0v) is 26.8. The van der Waals surface area contributed by atoms with Crippen molar-refractivity contribution in [3.05, 3.63) is 118 Å². The number of benzene rings is 2. The van der Waals surface area contributed by atoms with Crippen molar-refractivity contribution in [2.45, 2.75) is 49.6 Å². The van der Waals surface area contributed by atoms with Crippen LogP contribution < -0.4 is 0 Å². The molecule has 0 aliphatic heterocycles. The van der Waals surface area contributed by atoms with Gasteiger partial charge in [-0.1, -0.05) is 47.4 Å². The van der Waals surface area contributed by atoms with Crippen LogP contribution in [0.3, 0.4) is 0 Å². The van der Waals surface area contributed by atoms with Gasteiger partial charge in [0.15, 0.2) is 11.3 Å². The van der Waals surface area contributed by atoms with Gasteiger partial charge >= 0.3 is 0 Å². The first kappa shape index (κ1) is 32.2. The molecule has 2 aromatic carbocycles. The number of nitrogens with zero attached hydrogens (tertiary/aromatic N) is 9. The lowest BCUT2D eigenvalue weighted by molar-refractivity contribution is 0.194. The Balaban J connectivity index is 0.000000182. The molecule has 14 nitrogen and oxygen atoms in total. The van der Waals surface area contributed by atoms with Gasteiger partial charge in [-0.2, -0.15) is 0 Å². The first-order chi connectivity index (χ1) is 21.8. The molecule has 2 unspecified atom stereocenters. The van der Waals surface area contributed by atoms with E-state index in [1.807, 2.05) is 13.8 Å². The average Bonchev–Trinajstić information content (AvgIpc) is 3.66. The van der Waals surface area contributed by atoms with Crippen molar-refractivity contribution in [2.24, 2.45) is 5.11 Å². The molecule has 46 heavy (non-hydrogen) atoms. The van der Waals surface area contributed by atoms with Gasteiger partial charge in [0.2, 0.25) is 0 Å². The third-order valence-electron chi connectivity index (χ3n) is 6.99. The summed E-state index contributed by atoms with van der Waals surface area (Å²) in [6.07, 6.45) is 4.89. The molecule has 0 saturated carbocycles. The van der Waals surface area contributed by atoms with E-state index >= 15 is 0 Å². The lowest BCUT2D eigenvalue weighted by Crippen LogP contribution is -2.12. The molecule has 6 rings (SSSR count). The molecule has 0 saturated heterocycles. The van der Waals surface area contributed by atoms with Gasteiger partial charge in [-0.3, -0.25) is 0 Å². The van der Waals surface area contributed by atoms with Crippen LogP contribution in [0.15, 0.2) is 100 Å². The van der Waals surface area contributed by atoms with Crippen molar-refractivity contribution < 1.29 is 21.9 Å². The molecule has 0 spiro atoms. The zero-order chi connectivity index (χ0) is 33.2. The van der Waals surface area contributed by atoms with Gasteiger partial charge in [-0.25, -0.2) is 44.7 Å². The van der Waals surface area contributed by atoms with Crippen molar-refractivity contribution >= 4 is 42.4 Å². The zero-order valence-electron chi connectivity index (χ0n) is 25.2. The maximum absolute atomic E-state index is 12.8. The van der Waals surface area contributed by atoms with E-state index in [0.29, 0.717) is 22.4 Å². The second-order valence-corrected chi connectivity index (χ2v) is 14.1. The maximum atomic E-state index is 12.8. The van der Waals surface area contributed by atoms with Crippen LogP contribution >= 0.6 is 0 Å². The van der Waals surface area contributed by atoms with Crippen molar-refractivity contribution in [1.82, 2.24) is 27.9 Å². The standard InChI is InChI=1S/C15H14N6O2S.C15H15N3O3S/c1-10-3-5-12(6-4-10)24(22,23)21-8-7-13-15(21)17-9-14(18-13)11(2)19-20-16;1-10-3-5-12(6-4-10)22(20,21)18-8-7-13-15(18)16-9-14(17-13)11(2)19/h3-9,11H,1-2H3;3-9,11,19H,1-2H3. The third kappa shape index (κ3) is 6.32. The Morgan fingerprint density at radius 3 is 1.54 bits per heavy atom. The van der Waals surface area contributed by atoms with Crippen molar-refractivity contribution in [3.8, 4) is 0 Å². The van der Waals surface area contributed by atoms with Gasteiger partial charge in [0.05, 0.1) is 45.7 Å². The molecule has 0 aliphatic carbocycles. The Kier molecular flexibility index (Phi) is 8.90. The molecule has 0 radical (unpaired) electrons. The lowest BCUT2D eigenvalue weighted by atomic mass is 10.2. The van der Waals surface area contributed by atoms with Crippen molar-refractivity contribution in [2.75, 3.05) is 0 Å². The highest BCUT2D eigenvalue weighted by Gasteiger charge is 2.22. The van der Waals surface area contributed by atoms with Gasteiger partial charge in [-0.05, 0) is 62.7 Å². The van der Waals surface area contributed by atoms with Crippen molar-refractivity contribution in [3.63, 3.8) is 0 Å². The maximum Gasteiger partial charge on any atom is 0.269 e. The number of aliphatic hydroxyl groups is 1. The predicted molar refractivity (Wildman–Crippen MR) is 171 cm³/mol. The van der Waals surface area contributed by atoms with Crippen LogP contribution in [0.25, 0.3) is 32.8 Å². The number of rotatable bonds is 7. The minimum absolute atomic E-state index is 0.180. The highest BCUT2D eigenvalue weighted by atomic mass is 32.2. The normalized spacial score (nSPS) is 13.1. The van der Waals surface area contributed by atoms with E-state index in [4.69, 9.17) is 5.53 Å². The number of fused-ring (bicyclic) bond motifs is 2. The fourth-order valence-electron chi connectivity index (χ4n) is 4.38. The Morgan fingerprint density at radius 1 is 0.717 bits per heavy atom. The summed E-state index contributed by atoms with van der Waals surface area (Å²) in [5.74, 6) is 0. The molecule has 0 aliphatic rings. The molecular formula is C30H29N9O5S2. The summed E-state index contributed by atoms with van der Waals surface area (Å²) in [6.45, 7) is 7.05. The molecular weight excluding hydrogens is 631 g/mol. The van der Waals surface area contributed by atoms with Crippen LogP contribution in [0.5, 0.6) is 0 Å². The Hall–Kier alpha value is -5.15. The summed E-state index contributed by atoms with van der Waals surface area (Å²) >= 11 is 0. The monoisotopic (exact) mass is 659 g/mol. The molecule has 4 heterocycles. The van der Waals surface area contributed by atoms with E-state index in [0.717, 1.165) is 19.1 Å². The predicted octanol–water partition coefficient (Wildman–Crippen LogP) is 5.38. The van der Waals surface area contributed by atoms with Gasteiger partial charge in [0, 0.05) is 17.3 Å². The quantitative estimate of drug-likeness (QED) is 0.133. The van der Waals surface area contributed by atoms with Crippen LogP contribution in [0.1, 0.15) is 48.5 Å². The Labute approximate surface area is 264 Å². The van der Waals surface area contributed by atoms with Gasteiger partial charge < -0.3 is 5.11 Å². The molecule has 1 N–H and O–H groups in total. The minimum Gasteiger partial charge on any atom is -0.387 e. The molecule has 16 heteroatoms. The topological polar surface area (TPSA) is 199 Å². The van der Waals surface area contributed by atoms with E-state index < -0.39 is 32.2 Å². The SMILES string of the molecule is Cc1ccc(S(=O)(=O)n2ccc3nc(C(C)N=[N+]=[N-])cnc32)cc1.Cc1ccc(S(=O)(=O)n2ccc3nc(C(C)O)cnc32)cc1. The number of hydrogen-bond acceptors (Lipinski definition) is 10. The van der Waals surface area contributed by atoms with Crippen LogP contribution in [0.2, 0.25) is 0 Å². The summed E-state index contributed by atoms with van der Waals surface area (Å²) in [5.41, 5.74) is 12.6. The number of hydrogen-bond donors (Lipinski definition) is 1. The third-order valence-corrected chi connectivity index (χ3v) is 10.3. The van der Waals surface area contributed by atoms with E-state index in [-0.39, 0.29) is 21.1 Å². The summed E-state index contributed by atoms with van der Waals surface area (Å²) in [7, 11) is -7.47. The van der Waals surface area contributed by atoms with Gasteiger partial charge in [0.1, 0.15) is 11.0 Å². The molecule has 4 aromatic heterocycles. The minimum atomic E-state index is -3.75. The van der Waals surface area contributed by atoms with Crippen molar-refractivity contribution in [1.29, 1.82) is 0 Å². The highest BCUT2D eigenvalue weighted by molar-refractivity contribution is 7.90. The highest BCUT2D eigenvalue weighted by Crippen LogP contribution is 2.23.